The summed E-state index contributed by atoms with van der Waals surface area (Å²) in [5.74, 6) is 0.118. The largest absolute Gasteiger partial charge is 0.339 e. The normalized spacial score (nSPS) is 14.6. The van der Waals surface area contributed by atoms with Crippen molar-refractivity contribution in [2.45, 2.75) is 26.3 Å². The second kappa shape index (κ2) is 7.87. The zero-order valence-corrected chi connectivity index (χ0v) is 14.3. The molecule has 1 fully saturated rings. The van der Waals surface area contributed by atoms with Crippen molar-refractivity contribution in [1.29, 1.82) is 0 Å². The van der Waals surface area contributed by atoms with Crippen LogP contribution in [-0.4, -0.2) is 68.0 Å². The Labute approximate surface area is 146 Å². The molecule has 25 heavy (non-hydrogen) atoms. The highest BCUT2D eigenvalue weighted by Gasteiger charge is 2.24. The molecule has 3 rings (SSSR count). The van der Waals surface area contributed by atoms with Gasteiger partial charge in [-0.15, -0.1) is 5.10 Å². The standard InChI is InChI=1S/C17H22N6O2/c1-14-2-4-15(5-3-14)6-7-16(24)21-8-10-22(11-9-21)17(25)12-23-13-18-19-20-23/h2-5,13H,6-12H2,1H3. The van der Waals surface area contributed by atoms with E-state index in [1.54, 1.807) is 4.90 Å². The van der Waals surface area contributed by atoms with Crippen LogP contribution >= 0.6 is 0 Å². The van der Waals surface area contributed by atoms with Gasteiger partial charge in [0.05, 0.1) is 0 Å². The van der Waals surface area contributed by atoms with E-state index < -0.39 is 0 Å². The number of carbonyl (C=O) groups is 2. The highest BCUT2D eigenvalue weighted by molar-refractivity contribution is 5.78. The number of hydrogen-bond acceptors (Lipinski definition) is 5. The summed E-state index contributed by atoms with van der Waals surface area (Å²) in [6, 6.07) is 8.26. The van der Waals surface area contributed by atoms with Gasteiger partial charge >= 0.3 is 0 Å². The number of amides is 2. The molecule has 0 saturated carbocycles. The van der Waals surface area contributed by atoms with E-state index in [1.807, 2.05) is 4.90 Å². The van der Waals surface area contributed by atoms with Crippen LogP contribution in [0.5, 0.6) is 0 Å². The van der Waals surface area contributed by atoms with Crippen molar-refractivity contribution >= 4 is 11.8 Å². The fraction of sp³-hybridized carbons (Fsp3) is 0.471. The minimum absolute atomic E-state index is 0.0287. The Bertz CT molecular complexity index is 705. The topological polar surface area (TPSA) is 84.2 Å². The molecule has 2 heterocycles. The van der Waals surface area contributed by atoms with Crippen molar-refractivity contribution in [3.8, 4) is 0 Å². The third kappa shape index (κ3) is 4.62. The number of aryl methyl sites for hydroxylation is 2. The first-order valence-electron chi connectivity index (χ1n) is 8.44. The van der Waals surface area contributed by atoms with E-state index in [0.717, 1.165) is 6.42 Å². The molecule has 1 aliphatic rings. The van der Waals surface area contributed by atoms with Crippen LogP contribution in [0.1, 0.15) is 17.5 Å². The van der Waals surface area contributed by atoms with E-state index in [0.29, 0.717) is 32.6 Å². The molecule has 2 amide bonds. The second-order valence-corrected chi connectivity index (χ2v) is 6.25. The molecule has 0 aliphatic carbocycles. The lowest BCUT2D eigenvalue weighted by molar-refractivity contribution is -0.140. The molecule has 0 spiro atoms. The number of piperazine rings is 1. The minimum Gasteiger partial charge on any atom is -0.339 e. The molecule has 1 aliphatic heterocycles. The van der Waals surface area contributed by atoms with Gasteiger partial charge in [-0.05, 0) is 29.3 Å². The SMILES string of the molecule is Cc1ccc(CCC(=O)N2CCN(C(=O)Cn3cnnn3)CC2)cc1. The summed E-state index contributed by atoms with van der Waals surface area (Å²) in [6.45, 7) is 4.44. The van der Waals surface area contributed by atoms with Crippen LogP contribution in [0.2, 0.25) is 0 Å². The van der Waals surface area contributed by atoms with Crippen molar-refractivity contribution < 1.29 is 9.59 Å². The Morgan fingerprint density at radius 2 is 1.64 bits per heavy atom. The Morgan fingerprint density at radius 3 is 2.24 bits per heavy atom. The van der Waals surface area contributed by atoms with Gasteiger partial charge in [-0.1, -0.05) is 29.8 Å². The third-order valence-electron chi connectivity index (χ3n) is 4.42. The minimum atomic E-state index is -0.0287. The van der Waals surface area contributed by atoms with Crippen molar-refractivity contribution in [1.82, 2.24) is 30.0 Å². The lowest BCUT2D eigenvalue weighted by atomic mass is 10.1. The van der Waals surface area contributed by atoms with Gasteiger partial charge in [-0.2, -0.15) is 0 Å². The number of benzene rings is 1. The van der Waals surface area contributed by atoms with Crippen molar-refractivity contribution in [3.63, 3.8) is 0 Å². The monoisotopic (exact) mass is 342 g/mol. The number of tetrazole rings is 1. The molecule has 0 unspecified atom stereocenters. The van der Waals surface area contributed by atoms with Gasteiger partial charge in [-0.25, -0.2) is 4.68 Å². The number of aromatic nitrogens is 4. The number of rotatable bonds is 5. The summed E-state index contributed by atoms with van der Waals surface area (Å²) < 4.78 is 1.40. The van der Waals surface area contributed by atoms with E-state index in [2.05, 4.69) is 46.7 Å². The molecule has 8 nitrogen and oxygen atoms in total. The van der Waals surface area contributed by atoms with E-state index in [1.165, 1.54) is 22.1 Å². The third-order valence-corrected chi connectivity index (χ3v) is 4.42. The molecule has 1 saturated heterocycles. The fourth-order valence-electron chi connectivity index (χ4n) is 2.86. The molecule has 0 N–H and O–H groups in total. The van der Waals surface area contributed by atoms with Crippen molar-refractivity contribution in [3.05, 3.63) is 41.7 Å². The molecular weight excluding hydrogens is 320 g/mol. The predicted octanol–water partition coefficient (Wildman–Crippen LogP) is 0.285. The first kappa shape index (κ1) is 17.1. The van der Waals surface area contributed by atoms with Gasteiger partial charge in [0.15, 0.2) is 0 Å². The zero-order chi connectivity index (χ0) is 17.6. The van der Waals surface area contributed by atoms with Gasteiger partial charge < -0.3 is 9.80 Å². The van der Waals surface area contributed by atoms with Crippen LogP contribution in [0.4, 0.5) is 0 Å². The van der Waals surface area contributed by atoms with E-state index in [-0.39, 0.29) is 18.4 Å². The van der Waals surface area contributed by atoms with Crippen LogP contribution in [-0.2, 0) is 22.6 Å². The van der Waals surface area contributed by atoms with Gasteiger partial charge in [0, 0.05) is 32.6 Å². The molecule has 132 valence electrons. The van der Waals surface area contributed by atoms with E-state index in [9.17, 15) is 9.59 Å². The lowest BCUT2D eigenvalue weighted by Crippen LogP contribution is -2.51. The Balaban J connectivity index is 1.42. The Morgan fingerprint density at radius 1 is 1.00 bits per heavy atom. The quantitative estimate of drug-likeness (QED) is 0.779. The predicted molar refractivity (Wildman–Crippen MR) is 90.5 cm³/mol. The summed E-state index contributed by atoms with van der Waals surface area (Å²) >= 11 is 0. The summed E-state index contributed by atoms with van der Waals surface area (Å²) in [7, 11) is 0. The molecule has 1 aromatic carbocycles. The summed E-state index contributed by atoms with van der Waals surface area (Å²) in [5, 5.41) is 10.7. The molecular formula is C17H22N6O2. The van der Waals surface area contributed by atoms with E-state index in [4.69, 9.17) is 0 Å². The summed E-state index contributed by atoms with van der Waals surface area (Å²) in [5.41, 5.74) is 2.40. The fourth-order valence-corrected chi connectivity index (χ4v) is 2.86. The number of nitrogens with zero attached hydrogens (tertiary/aromatic N) is 6. The number of hydrogen-bond donors (Lipinski definition) is 0. The van der Waals surface area contributed by atoms with Gasteiger partial charge in [-0.3, -0.25) is 9.59 Å². The van der Waals surface area contributed by atoms with E-state index >= 15 is 0 Å². The molecule has 1 aromatic heterocycles. The van der Waals surface area contributed by atoms with Crippen molar-refractivity contribution in [2.24, 2.45) is 0 Å². The van der Waals surface area contributed by atoms with Crippen molar-refractivity contribution in [2.75, 3.05) is 26.2 Å². The van der Waals surface area contributed by atoms with Gasteiger partial charge in [0.1, 0.15) is 12.9 Å². The average Bonchev–Trinajstić information content (AvgIpc) is 3.14. The van der Waals surface area contributed by atoms with Crippen LogP contribution in [0.3, 0.4) is 0 Å². The Kier molecular flexibility index (Phi) is 5.37. The smallest absolute Gasteiger partial charge is 0.244 e. The highest BCUT2D eigenvalue weighted by Crippen LogP contribution is 2.09. The molecule has 0 bridgehead atoms. The maximum atomic E-state index is 12.4. The van der Waals surface area contributed by atoms with Crippen LogP contribution in [0.15, 0.2) is 30.6 Å². The average molecular weight is 342 g/mol. The van der Waals surface area contributed by atoms with Crippen LogP contribution in [0.25, 0.3) is 0 Å². The second-order valence-electron chi connectivity index (χ2n) is 6.25. The maximum Gasteiger partial charge on any atom is 0.244 e. The first-order valence-corrected chi connectivity index (χ1v) is 8.44. The van der Waals surface area contributed by atoms with Gasteiger partial charge in [0.2, 0.25) is 11.8 Å². The van der Waals surface area contributed by atoms with Crippen LogP contribution < -0.4 is 0 Å². The van der Waals surface area contributed by atoms with Gasteiger partial charge in [0.25, 0.3) is 0 Å². The lowest BCUT2D eigenvalue weighted by Gasteiger charge is -2.34. The highest BCUT2D eigenvalue weighted by atomic mass is 16.2. The number of carbonyl (C=O) groups excluding carboxylic acids is 2. The van der Waals surface area contributed by atoms with Crippen LogP contribution in [0, 0.1) is 6.92 Å². The maximum absolute atomic E-state index is 12.4. The first-order chi connectivity index (χ1) is 12.1. The summed E-state index contributed by atoms with van der Waals surface area (Å²) in [4.78, 5) is 28.1. The Hall–Kier alpha value is -2.77. The molecule has 0 atom stereocenters. The zero-order valence-electron chi connectivity index (χ0n) is 14.3. The molecule has 2 aromatic rings. The molecule has 8 heteroatoms. The summed E-state index contributed by atoms with van der Waals surface area (Å²) in [6.07, 6.45) is 2.67. The molecule has 0 radical (unpaired) electrons.